The third-order valence-corrected chi connectivity index (χ3v) is 6.24. The molecule has 0 saturated carbocycles. The van der Waals surface area contributed by atoms with Crippen molar-refractivity contribution in [2.75, 3.05) is 26.2 Å². The fourth-order valence-electron chi connectivity index (χ4n) is 4.11. The van der Waals surface area contributed by atoms with Crippen molar-refractivity contribution in [3.8, 4) is 0 Å². The van der Waals surface area contributed by atoms with Gasteiger partial charge >= 0.3 is 0 Å². The van der Waals surface area contributed by atoms with Gasteiger partial charge in [0.25, 0.3) is 5.91 Å². The third-order valence-electron chi connectivity index (χ3n) is 5.99. The summed E-state index contributed by atoms with van der Waals surface area (Å²) >= 11 is 5.91. The second-order valence-corrected chi connectivity index (χ2v) is 8.25. The van der Waals surface area contributed by atoms with E-state index in [1.807, 2.05) is 11.8 Å². The Kier molecular flexibility index (Phi) is 6.77. The topological polar surface area (TPSA) is 52.7 Å². The van der Waals surface area contributed by atoms with Crippen LogP contribution in [-0.4, -0.2) is 59.9 Å². The van der Waals surface area contributed by atoms with E-state index < -0.39 is 6.04 Å². The third kappa shape index (κ3) is 4.82. The van der Waals surface area contributed by atoms with Gasteiger partial charge in [0.15, 0.2) is 0 Å². The number of carbonyl (C=O) groups is 2. The largest absolute Gasteiger partial charge is 0.340 e. The van der Waals surface area contributed by atoms with Crippen LogP contribution in [0.4, 0.5) is 0 Å². The predicted octanol–water partition coefficient (Wildman–Crippen LogP) is 3.18. The molecular formula is C21H30ClN3O2. The van der Waals surface area contributed by atoms with Crippen molar-refractivity contribution in [1.29, 1.82) is 0 Å². The van der Waals surface area contributed by atoms with Crippen LogP contribution in [0.2, 0.25) is 5.02 Å². The number of hydrogen-bond donors (Lipinski definition) is 1. The minimum atomic E-state index is -0.494. The lowest BCUT2D eigenvalue weighted by Crippen LogP contribution is -2.53. The molecule has 27 heavy (non-hydrogen) atoms. The van der Waals surface area contributed by atoms with E-state index in [0.29, 0.717) is 16.6 Å². The highest BCUT2D eigenvalue weighted by Gasteiger charge is 2.35. The smallest absolute Gasteiger partial charge is 0.251 e. The molecule has 1 aromatic carbocycles. The quantitative estimate of drug-likeness (QED) is 0.838. The highest BCUT2D eigenvalue weighted by Crippen LogP contribution is 2.23. The number of amides is 2. The number of rotatable bonds is 5. The molecule has 3 unspecified atom stereocenters. The molecule has 2 aliphatic heterocycles. The van der Waals surface area contributed by atoms with Crippen LogP contribution in [0.5, 0.6) is 0 Å². The van der Waals surface area contributed by atoms with E-state index in [1.54, 1.807) is 24.3 Å². The minimum absolute atomic E-state index is 0.0559. The average molecular weight is 392 g/mol. The summed E-state index contributed by atoms with van der Waals surface area (Å²) in [6.07, 6.45) is 4.21. The van der Waals surface area contributed by atoms with Gasteiger partial charge < -0.3 is 10.2 Å². The molecule has 0 bridgehead atoms. The molecule has 0 aromatic heterocycles. The molecule has 1 aromatic rings. The highest BCUT2D eigenvalue weighted by molar-refractivity contribution is 6.30. The van der Waals surface area contributed by atoms with Crippen LogP contribution in [-0.2, 0) is 4.79 Å². The van der Waals surface area contributed by atoms with Crippen LogP contribution < -0.4 is 5.32 Å². The first-order chi connectivity index (χ1) is 13.0. The molecular weight excluding hydrogens is 362 g/mol. The fraction of sp³-hybridized carbons (Fsp3) is 0.619. The molecule has 0 spiro atoms. The minimum Gasteiger partial charge on any atom is -0.340 e. The molecule has 2 heterocycles. The lowest BCUT2D eigenvalue weighted by atomic mass is 9.97. The second-order valence-electron chi connectivity index (χ2n) is 7.81. The van der Waals surface area contributed by atoms with Crippen molar-refractivity contribution in [3.05, 3.63) is 34.9 Å². The number of hydrogen-bond acceptors (Lipinski definition) is 3. The summed E-state index contributed by atoms with van der Waals surface area (Å²) in [5.74, 6) is -0.0836. The van der Waals surface area contributed by atoms with Gasteiger partial charge in [-0.1, -0.05) is 31.9 Å². The van der Waals surface area contributed by atoms with Crippen molar-refractivity contribution >= 4 is 23.4 Å². The average Bonchev–Trinajstić information content (AvgIpc) is 3.02. The van der Waals surface area contributed by atoms with E-state index in [1.165, 1.54) is 6.42 Å². The monoisotopic (exact) mass is 391 g/mol. The van der Waals surface area contributed by atoms with Gasteiger partial charge in [-0.15, -0.1) is 0 Å². The van der Waals surface area contributed by atoms with Crippen molar-refractivity contribution < 1.29 is 9.59 Å². The van der Waals surface area contributed by atoms with Crippen LogP contribution >= 0.6 is 11.6 Å². The summed E-state index contributed by atoms with van der Waals surface area (Å²) < 4.78 is 0. The molecule has 0 radical (unpaired) electrons. The summed E-state index contributed by atoms with van der Waals surface area (Å²) in [6, 6.07) is 6.75. The van der Waals surface area contributed by atoms with Gasteiger partial charge in [0.2, 0.25) is 5.91 Å². The lowest BCUT2D eigenvalue weighted by molar-refractivity contribution is -0.134. The maximum atomic E-state index is 13.3. The first-order valence-electron chi connectivity index (χ1n) is 10.1. The van der Waals surface area contributed by atoms with E-state index in [9.17, 15) is 9.59 Å². The number of halogens is 1. The van der Waals surface area contributed by atoms with E-state index in [4.69, 9.17) is 11.6 Å². The molecule has 2 aliphatic rings. The van der Waals surface area contributed by atoms with Crippen LogP contribution in [0.15, 0.2) is 24.3 Å². The van der Waals surface area contributed by atoms with Gasteiger partial charge in [-0.25, -0.2) is 0 Å². The van der Waals surface area contributed by atoms with Crippen LogP contribution in [0.3, 0.4) is 0 Å². The summed E-state index contributed by atoms with van der Waals surface area (Å²) in [4.78, 5) is 30.5. The van der Waals surface area contributed by atoms with Crippen LogP contribution in [0.25, 0.3) is 0 Å². The second kappa shape index (κ2) is 9.07. The molecule has 3 atom stereocenters. The Hall–Kier alpha value is -1.59. The van der Waals surface area contributed by atoms with Gasteiger partial charge in [0, 0.05) is 36.3 Å². The van der Waals surface area contributed by atoms with E-state index in [2.05, 4.69) is 17.1 Å². The first-order valence-corrected chi connectivity index (χ1v) is 10.5. The van der Waals surface area contributed by atoms with E-state index in [0.717, 1.165) is 45.4 Å². The zero-order chi connectivity index (χ0) is 19.4. The Morgan fingerprint density at radius 2 is 1.89 bits per heavy atom. The number of nitrogens with zero attached hydrogens (tertiary/aromatic N) is 2. The molecule has 6 heteroatoms. The Morgan fingerprint density at radius 1 is 1.19 bits per heavy atom. The Balaban J connectivity index is 1.72. The van der Waals surface area contributed by atoms with Crippen LogP contribution in [0, 0.1) is 5.92 Å². The molecule has 1 N–H and O–H groups in total. The van der Waals surface area contributed by atoms with Gasteiger partial charge in [0.05, 0.1) is 0 Å². The maximum Gasteiger partial charge on any atom is 0.251 e. The Labute approximate surface area is 167 Å². The predicted molar refractivity (Wildman–Crippen MR) is 108 cm³/mol. The van der Waals surface area contributed by atoms with E-state index >= 15 is 0 Å². The molecule has 5 nitrogen and oxygen atoms in total. The van der Waals surface area contributed by atoms with Crippen LogP contribution in [0.1, 0.15) is 49.9 Å². The number of benzene rings is 1. The zero-order valence-corrected chi connectivity index (χ0v) is 17.0. The number of fused-ring (bicyclic) bond motifs is 1. The van der Waals surface area contributed by atoms with Gasteiger partial charge in [0.1, 0.15) is 6.04 Å². The zero-order valence-electron chi connectivity index (χ0n) is 16.3. The van der Waals surface area contributed by atoms with Gasteiger partial charge in [-0.2, -0.15) is 0 Å². The first kappa shape index (κ1) is 20.2. The number of nitrogens with one attached hydrogen (secondary N) is 1. The summed E-state index contributed by atoms with van der Waals surface area (Å²) in [6.45, 7) is 7.86. The standard InChI is InChI=1S/C21H30ClN3O2/c1-3-15(2)19(23-20(26)16-7-9-17(22)10-8-16)21(27)25-13-5-12-24-11-4-6-18(24)14-25/h7-10,15,18-19H,3-6,11-14H2,1-2H3,(H,23,26). The van der Waals surface area contributed by atoms with E-state index in [-0.39, 0.29) is 17.7 Å². The van der Waals surface area contributed by atoms with Crippen molar-refractivity contribution in [3.63, 3.8) is 0 Å². The molecule has 2 saturated heterocycles. The highest BCUT2D eigenvalue weighted by atomic mass is 35.5. The summed E-state index contributed by atoms with van der Waals surface area (Å²) in [5, 5.41) is 3.58. The summed E-state index contributed by atoms with van der Waals surface area (Å²) in [5.41, 5.74) is 0.526. The Bertz CT molecular complexity index is 664. The summed E-state index contributed by atoms with van der Waals surface area (Å²) in [7, 11) is 0. The Morgan fingerprint density at radius 3 is 2.59 bits per heavy atom. The molecule has 0 aliphatic carbocycles. The normalized spacial score (nSPS) is 22.6. The molecule has 3 rings (SSSR count). The number of carbonyl (C=O) groups excluding carboxylic acids is 2. The molecule has 148 valence electrons. The van der Waals surface area contributed by atoms with Crippen molar-refractivity contribution in [2.24, 2.45) is 5.92 Å². The van der Waals surface area contributed by atoms with Gasteiger partial charge in [-0.3, -0.25) is 14.5 Å². The fourth-order valence-corrected chi connectivity index (χ4v) is 4.24. The van der Waals surface area contributed by atoms with Gasteiger partial charge in [-0.05, 0) is 56.0 Å². The molecule has 2 fully saturated rings. The lowest BCUT2D eigenvalue weighted by Gasteiger charge is -2.31. The maximum absolute atomic E-state index is 13.3. The molecule has 2 amide bonds. The van der Waals surface area contributed by atoms with Crippen molar-refractivity contribution in [1.82, 2.24) is 15.1 Å². The van der Waals surface area contributed by atoms with Crippen molar-refractivity contribution in [2.45, 2.75) is 51.6 Å². The SMILES string of the molecule is CCC(C)C(NC(=O)c1ccc(Cl)cc1)C(=O)N1CCCN2CCCC2C1.